The first-order valence-electron chi connectivity index (χ1n) is 47.3. The van der Waals surface area contributed by atoms with Crippen LogP contribution in [0.5, 0.6) is 11.5 Å². The molecule has 6 heteroatoms. The van der Waals surface area contributed by atoms with Gasteiger partial charge < -0.3 is 13.9 Å². The number of pyridine rings is 1. The zero-order valence-corrected chi connectivity index (χ0v) is 46.9. The molecule has 3 aromatic heterocycles. The fraction of sp³-hybridized carbons (Fsp3) is 0.299. The zero-order valence-electron chi connectivity index (χ0n) is 87.6. The van der Waals surface area contributed by atoms with E-state index in [0.717, 1.165) is 68.1 Å². The topological polar surface area (TPSA) is 35.9 Å². The Balaban J connectivity index is 0.0000144. The van der Waals surface area contributed by atoms with Crippen molar-refractivity contribution in [1.29, 1.82) is 0 Å². The third-order valence-corrected chi connectivity index (χ3v) is 14.8. The number of para-hydroxylation sites is 2. The van der Waals surface area contributed by atoms with Crippen molar-refractivity contribution in [2.45, 2.75) is 148 Å². The van der Waals surface area contributed by atoms with E-state index in [9.17, 15) is 38.4 Å². The summed E-state index contributed by atoms with van der Waals surface area (Å²) in [6, 6.07) is 23.6. The number of aromatic nitrogens is 4. The van der Waals surface area contributed by atoms with Gasteiger partial charge in [0.25, 0.3) is 6.33 Å². The Morgan fingerprint density at radius 2 is 1.31 bits per heavy atom. The molecule has 0 N–H and O–H groups in total. The van der Waals surface area contributed by atoms with Gasteiger partial charge in [-0.2, -0.15) is 18.2 Å². The van der Waals surface area contributed by atoms with Crippen molar-refractivity contribution in [3.05, 3.63) is 221 Å². The predicted octanol–water partition coefficient (Wildman–Crippen LogP) is 19.6. The van der Waals surface area contributed by atoms with Gasteiger partial charge in [0.05, 0.1) is 24.9 Å². The number of nitrogens with zero attached hydrogens (tertiary/aromatic N) is 4. The van der Waals surface area contributed by atoms with Crippen molar-refractivity contribution in [2.24, 2.45) is 0 Å². The van der Waals surface area contributed by atoms with Gasteiger partial charge in [0, 0.05) is 95.0 Å². The van der Waals surface area contributed by atoms with E-state index < -0.39 is 224 Å². The second-order valence-electron chi connectivity index (χ2n) is 21.2. The molecule has 2 aliphatic rings. The van der Waals surface area contributed by atoms with Crippen molar-refractivity contribution in [3.63, 3.8) is 0 Å². The Morgan fingerprint density at radius 3 is 2.01 bits per heavy atom. The fourth-order valence-corrected chi connectivity index (χ4v) is 10.6. The number of aryl methyl sites for hydroxylation is 2. The molecule has 5 nitrogen and oxygen atoms in total. The number of rotatable bonds is 9. The summed E-state index contributed by atoms with van der Waals surface area (Å²) in [5.41, 5.74) is -33.9. The van der Waals surface area contributed by atoms with Crippen LogP contribution in [-0.4, -0.2) is 14.1 Å². The van der Waals surface area contributed by atoms with E-state index in [4.69, 9.17) is 30.3 Å². The second kappa shape index (κ2) is 20.5. The smallest absolute Gasteiger partial charge is 0.268 e. The van der Waals surface area contributed by atoms with Crippen LogP contribution in [0.4, 0.5) is 0 Å². The van der Waals surface area contributed by atoms with Gasteiger partial charge in [-0.3, -0.25) is 4.57 Å². The van der Waals surface area contributed by atoms with E-state index in [0.29, 0.717) is 23.6 Å². The minimum Gasteiger partial charge on any atom is -0.510 e. The molecule has 1 unspecified atom stereocenters. The summed E-state index contributed by atoms with van der Waals surface area (Å²) < 4.78 is 413. The summed E-state index contributed by atoms with van der Waals surface area (Å²) in [6.07, 6.45) is -18.6. The normalized spacial score (nSPS) is 28.7. The van der Waals surface area contributed by atoms with Crippen LogP contribution < -0.4 is 9.30 Å². The summed E-state index contributed by atoms with van der Waals surface area (Å²) in [4.78, 5) is 4.75. The number of hydrogen-bond acceptors (Lipinski definition) is 2. The number of ether oxygens (including phenoxy) is 1. The molecular formula is C77H76N4OPt-2. The van der Waals surface area contributed by atoms with Gasteiger partial charge in [-0.25, -0.2) is 4.98 Å². The molecule has 8 aromatic carbocycles. The van der Waals surface area contributed by atoms with E-state index in [1.807, 2.05) is 61.7 Å². The van der Waals surface area contributed by atoms with Gasteiger partial charge in [0.1, 0.15) is 5.82 Å². The minimum absolute atomic E-state index is 0. The van der Waals surface area contributed by atoms with Crippen molar-refractivity contribution >= 4 is 32.8 Å². The van der Waals surface area contributed by atoms with Crippen LogP contribution >= 0.6 is 0 Å². The average molecular weight is 1310 g/mol. The zero-order chi connectivity index (χ0) is 93.9. The molecule has 422 valence electrons. The molecule has 0 aliphatic heterocycles. The first-order valence-corrected chi connectivity index (χ1v) is 25.8. The largest absolute Gasteiger partial charge is 0.510 e. The first kappa shape index (κ1) is 25.1. The fourth-order valence-electron chi connectivity index (χ4n) is 10.6. The molecule has 0 amide bonds. The van der Waals surface area contributed by atoms with Crippen LogP contribution in [-0.2, 0) is 48.1 Å². The number of hydrogen-bond donors (Lipinski definition) is 0. The maximum absolute atomic E-state index is 10.6. The molecule has 0 spiro atoms. The molecular weight excluding hydrogens is 1190 g/mol. The van der Waals surface area contributed by atoms with E-state index in [1.54, 1.807) is 18.3 Å². The van der Waals surface area contributed by atoms with Gasteiger partial charge in [-0.1, -0.05) is 184 Å². The monoisotopic (exact) mass is 1310 g/mol. The van der Waals surface area contributed by atoms with Crippen LogP contribution in [0, 0.1) is 32.2 Å². The molecule has 3 heterocycles. The number of fused-ring (bicyclic) bond motifs is 6. The molecule has 83 heavy (non-hydrogen) atoms. The average Bonchev–Trinajstić information content (AvgIpc) is 0.698. The Bertz CT molecular complexity index is 6000. The predicted molar refractivity (Wildman–Crippen MR) is 340 cm³/mol. The van der Waals surface area contributed by atoms with Gasteiger partial charge in [0.15, 0.2) is 0 Å². The Hall–Kier alpha value is -7.33. The second-order valence-corrected chi connectivity index (χ2v) is 21.2. The minimum atomic E-state index is -4.95. The Morgan fingerprint density at radius 1 is 0.651 bits per heavy atom. The Kier molecular flexibility index (Phi) is 6.19. The van der Waals surface area contributed by atoms with Crippen LogP contribution in [0.3, 0.4) is 0 Å². The van der Waals surface area contributed by atoms with Gasteiger partial charge in [-0.05, 0) is 180 Å². The van der Waals surface area contributed by atoms with Crippen molar-refractivity contribution in [1.82, 2.24) is 14.1 Å². The summed E-state index contributed by atoms with van der Waals surface area (Å²) in [6.45, 7) is -32.2. The van der Waals surface area contributed by atoms with E-state index in [2.05, 4.69) is 18.5 Å². The maximum atomic E-state index is 10.6. The van der Waals surface area contributed by atoms with Crippen molar-refractivity contribution < 1.29 is 89.3 Å². The molecule has 0 saturated carbocycles. The SMILES string of the molecule is [2H]c1c([2H])c2c(c([2H])c1-c1cccc(-c3c([2H])c([2H])c4c(c3[2H])C(C([2H])([2H])[2H])(C([2H])([2H])[2H])C([2H])([2H])C([2H])([2H])C4(C([2H])([2H])[2H])C([2H])([2H])C)c1-[n+]1[c-]n(-c3[c-]c(Oc4[c-]c5c(cc4)c4ccccc4n5-c4cc(C(C)(C)C)ccn4)ccc3)c3ccc(-c4c(C([2H])([2H])[2H])cccc4C([2H])([2H])[2H])cc31)C(C([2H])([2H])[2H])(C([2H])([2H])[2H])C([2H])([2H])C([2H])([2H])C2(C([2H])([2H])[2H])C([2H])([2H])[2H].[Pt]. The van der Waals surface area contributed by atoms with Crippen LogP contribution in [0.25, 0.3) is 83.4 Å². The van der Waals surface area contributed by atoms with Crippen LogP contribution in [0.2, 0.25) is 0 Å². The van der Waals surface area contributed by atoms with E-state index in [-0.39, 0.29) is 54.7 Å². The quantitative estimate of drug-likeness (QED) is 0.107. The Labute approximate surface area is 567 Å². The molecule has 0 fully saturated rings. The van der Waals surface area contributed by atoms with Crippen LogP contribution in [0.1, 0.15) is 205 Å². The van der Waals surface area contributed by atoms with Crippen molar-refractivity contribution in [2.75, 3.05) is 0 Å². The molecule has 2 aliphatic carbocycles. The third-order valence-electron chi connectivity index (χ3n) is 14.8. The molecule has 0 radical (unpaired) electrons. The first-order chi connectivity index (χ1) is 56.6. The standard InChI is InChI=1S/C77H76N4O.Pt/c1-14-77(13)40-39-76(11,12)65-43-52(29-34-63(65)77)59-26-19-25-58(51-28-33-62-64(42-51)75(9,10)38-37-74(62,7)8)72(59)80-48-79(67-35-30-53(44-69(67)80)71-49(2)20-17-21-50(71)3)55-22-18-23-56(46-55)82-57-31-32-61-60-24-15-16-27-66(60)81(68(61)47-57)70-45-54(36-41-78-70)73(4,5)6;/h15-36,41-45H,14,37-40H2,1-13H3;/q-2;/i2D3,3D3,7D3,8D3,9D3,10D3,11D3,12D3,13D3,14D2,28D,29D,33D,34D,37D2,38D2,39D2,40D2,42D,43D;. The van der Waals surface area contributed by atoms with Gasteiger partial charge in [-0.15, -0.1) is 29.7 Å². The molecule has 13 rings (SSSR count). The summed E-state index contributed by atoms with van der Waals surface area (Å²) in [7, 11) is 0. The summed E-state index contributed by atoms with van der Waals surface area (Å²) in [5, 5.41) is 1.50. The van der Waals surface area contributed by atoms with Gasteiger partial charge >= 0.3 is 0 Å². The maximum Gasteiger partial charge on any atom is 0.268 e. The molecule has 0 saturated heterocycles. The summed E-state index contributed by atoms with van der Waals surface area (Å²) >= 11 is 0. The number of benzene rings is 8. The van der Waals surface area contributed by atoms with E-state index in [1.165, 1.54) is 30.3 Å². The molecule has 0 bridgehead atoms. The number of imidazole rings is 1. The summed E-state index contributed by atoms with van der Waals surface area (Å²) in [5.74, 6) is 0.406. The molecule has 11 aromatic rings. The van der Waals surface area contributed by atoms with E-state index >= 15 is 0 Å². The molecule has 1 atom stereocenters. The van der Waals surface area contributed by atoms with Gasteiger partial charge in [0.2, 0.25) is 0 Å². The van der Waals surface area contributed by atoms with Crippen LogP contribution in [0.15, 0.2) is 164 Å². The van der Waals surface area contributed by atoms with Crippen molar-refractivity contribution in [3.8, 4) is 62.1 Å². The third kappa shape index (κ3) is 9.60.